The molecule has 0 aliphatic rings. The number of aromatic amines is 1. The number of nitrogens with zero attached hydrogens (tertiary/aromatic N) is 1. The number of H-pyrrole nitrogens is 1. The SMILES string of the molecule is COc1ccc(Cl)cc1S(=O)(=O)Nc1cccc(-c2ccc(=O)[nH]n2)c1. The molecule has 0 amide bonds. The molecule has 1 aromatic heterocycles. The Hall–Kier alpha value is -2.84. The van der Waals surface area contributed by atoms with Crippen LogP contribution in [-0.2, 0) is 10.0 Å². The number of sulfonamides is 1. The molecule has 0 fully saturated rings. The predicted molar refractivity (Wildman–Crippen MR) is 99.1 cm³/mol. The molecular formula is C17H14ClN3O4S. The van der Waals surface area contributed by atoms with Gasteiger partial charge < -0.3 is 4.74 Å². The minimum Gasteiger partial charge on any atom is -0.495 e. The smallest absolute Gasteiger partial charge is 0.265 e. The van der Waals surface area contributed by atoms with E-state index >= 15 is 0 Å². The van der Waals surface area contributed by atoms with Crippen molar-refractivity contribution in [2.24, 2.45) is 0 Å². The van der Waals surface area contributed by atoms with Crippen LogP contribution < -0.4 is 15.0 Å². The maximum atomic E-state index is 12.7. The second-order valence-corrected chi connectivity index (χ2v) is 7.38. The molecule has 7 nitrogen and oxygen atoms in total. The molecule has 0 aliphatic heterocycles. The first kappa shape index (κ1) is 18.0. The number of hydrogen-bond acceptors (Lipinski definition) is 5. The van der Waals surface area contributed by atoms with Crippen LogP contribution in [0.5, 0.6) is 5.75 Å². The largest absolute Gasteiger partial charge is 0.495 e. The Morgan fingerprint density at radius 1 is 1.12 bits per heavy atom. The zero-order valence-electron chi connectivity index (χ0n) is 13.6. The standard InChI is InChI=1S/C17H14ClN3O4S/c1-25-15-7-5-12(18)10-16(15)26(23,24)21-13-4-2-3-11(9-13)14-6-8-17(22)20-19-14/h2-10,21H,1H3,(H,20,22). The molecule has 0 spiro atoms. The van der Waals surface area contributed by atoms with Gasteiger partial charge in [0.15, 0.2) is 0 Å². The van der Waals surface area contributed by atoms with Gasteiger partial charge in [0.2, 0.25) is 0 Å². The molecule has 0 saturated carbocycles. The fourth-order valence-corrected chi connectivity index (χ4v) is 3.80. The van der Waals surface area contributed by atoms with Crippen LogP contribution in [-0.4, -0.2) is 25.7 Å². The fraction of sp³-hybridized carbons (Fsp3) is 0.0588. The quantitative estimate of drug-likeness (QED) is 0.696. The summed E-state index contributed by atoms with van der Waals surface area (Å²) in [6, 6.07) is 13.9. The monoisotopic (exact) mass is 391 g/mol. The highest BCUT2D eigenvalue weighted by molar-refractivity contribution is 7.92. The van der Waals surface area contributed by atoms with Gasteiger partial charge in [-0.1, -0.05) is 23.7 Å². The summed E-state index contributed by atoms with van der Waals surface area (Å²) < 4.78 is 33.0. The Morgan fingerprint density at radius 3 is 2.62 bits per heavy atom. The second kappa shape index (κ2) is 7.19. The van der Waals surface area contributed by atoms with E-state index in [-0.39, 0.29) is 21.2 Å². The summed E-state index contributed by atoms with van der Waals surface area (Å²) >= 11 is 5.92. The van der Waals surface area contributed by atoms with Gasteiger partial charge in [-0.3, -0.25) is 9.52 Å². The summed E-state index contributed by atoms with van der Waals surface area (Å²) in [4.78, 5) is 11.1. The number of nitrogens with one attached hydrogen (secondary N) is 2. The molecule has 0 bridgehead atoms. The number of halogens is 1. The average molecular weight is 392 g/mol. The van der Waals surface area contributed by atoms with Crippen LogP contribution in [0.2, 0.25) is 5.02 Å². The molecule has 2 N–H and O–H groups in total. The zero-order valence-corrected chi connectivity index (χ0v) is 15.1. The highest BCUT2D eigenvalue weighted by Gasteiger charge is 2.20. The van der Waals surface area contributed by atoms with Gasteiger partial charge in [-0.05, 0) is 36.4 Å². The number of benzene rings is 2. The first-order valence-corrected chi connectivity index (χ1v) is 9.28. The molecular weight excluding hydrogens is 378 g/mol. The van der Waals surface area contributed by atoms with Crippen molar-refractivity contribution in [2.45, 2.75) is 4.90 Å². The molecule has 0 aliphatic carbocycles. The van der Waals surface area contributed by atoms with E-state index in [0.717, 1.165) is 0 Å². The van der Waals surface area contributed by atoms with E-state index in [0.29, 0.717) is 16.9 Å². The number of hydrogen-bond donors (Lipinski definition) is 2. The van der Waals surface area contributed by atoms with Crippen molar-refractivity contribution in [3.05, 3.63) is 70.0 Å². The molecule has 0 saturated heterocycles. The van der Waals surface area contributed by atoms with Crippen molar-refractivity contribution in [2.75, 3.05) is 11.8 Å². The lowest BCUT2D eigenvalue weighted by Crippen LogP contribution is -2.14. The van der Waals surface area contributed by atoms with E-state index in [2.05, 4.69) is 14.9 Å². The summed E-state index contributed by atoms with van der Waals surface area (Å²) in [6.07, 6.45) is 0. The summed E-state index contributed by atoms with van der Waals surface area (Å²) in [5, 5.41) is 6.54. The van der Waals surface area contributed by atoms with E-state index in [1.807, 2.05) is 0 Å². The maximum Gasteiger partial charge on any atom is 0.265 e. The summed E-state index contributed by atoms with van der Waals surface area (Å²) in [6.45, 7) is 0. The summed E-state index contributed by atoms with van der Waals surface area (Å²) in [5.41, 5.74) is 1.15. The maximum absolute atomic E-state index is 12.7. The van der Waals surface area contributed by atoms with E-state index in [1.165, 1.54) is 25.3 Å². The zero-order chi connectivity index (χ0) is 18.7. The number of rotatable bonds is 5. The lowest BCUT2D eigenvalue weighted by Gasteiger charge is -2.12. The van der Waals surface area contributed by atoms with E-state index in [1.54, 1.807) is 36.4 Å². The third-order valence-corrected chi connectivity index (χ3v) is 5.14. The normalized spacial score (nSPS) is 11.2. The molecule has 2 aromatic carbocycles. The average Bonchev–Trinajstić information content (AvgIpc) is 2.62. The molecule has 3 aromatic rings. The first-order valence-electron chi connectivity index (χ1n) is 7.41. The van der Waals surface area contributed by atoms with Gasteiger partial charge in [-0.15, -0.1) is 0 Å². The van der Waals surface area contributed by atoms with E-state index in [9.17, 15) is 13.2 Å². The van der Waals surface area contributed by atoms with Crippen LogP contribution in [0.15, 0.2) is 64.3 Å². The highest BCUT2D eigenvalue weighted by Crippen LogP contribution is 2.29. The van der Waals surface area contributed by atoms with Crippen molar-refractivity contribution in [3.8, 4) is 17.0 Å². The number of aromatic nitrogens is 2. The Bertz CT molecular complexity index is 1090. The van der Waals surface area contributed by atoms with Gasteiger partial charge in [-0.2, -0.15) is 5.10 Å². The third kappa shape index (κ3) is 3.87. The van der Waals surface area contributed by atoms with Crippen LogP contribution in [0.3, 0.4) is 0 Å². The van der Waals surface area contributed by atoms with Crippen LogP contribution in [0.25, 0.3) is 11.3 Å². The van der Waals surface area contributed by atoms with Gasteiger partial charge in [0.1, 0.15) is 10.6 Å². The molecule has 0 radical (unpaired) electrons. The van der Waals surface area contributed by atoms with Crippen molar-refractivity contribution in [3.63, 3.8) is 0 Å². The van der Waals surface area contributed by atoms with Crippen molar-refractivity contribution < 1.29 is 13.2 Å². The first-order chi connectivity index (χ1) is 12.4. The Labute approximate surface area is 154 Å². The van der Waals surface area contributed by atoms with Crippen molar-refractivity contribution >= 4 is 27.3 Å². The third-order valence-electron chi connectivity index (χ3n) is 3.50. The molecule has 134 valence electrons. The van der Waals surface area contributed by atoms with E-state index < -0.39 is 10.0 Å². The van der Waals surface area contributed by atoms with Crippen LogP contribution >= 0.6 is 11.6 Å². The van der Waals surface area contributed by atoms with Gasteiger partial charge in [0, 0.05) is 22.3 Å². The van der Waals surface area contributed by atoms with Gasteiger partial charge in [0.05, 0.1) is 12.8 Å². The number of anilines is 1. The topological polar surface area (TPSA) is 101 Å². The highest BCUT2D eigenvalue weighted by atomic mass is 35.5. The Balaban J connectivity index is 1.96. The van der Waals surface area contributed by atoms with Gasteiger partial charge >= 0.3 is 0 Å². The van der Waals surface area contributed by atoms with Crippen molar-refractivity contribution in [1.29, 1.82) is 0 Å². The van der Waals surface area contributed by atoms with Crippen LogP contribution in [0.4, 0.5) is 5.69 Å². The Morgan fingerprint density at radius 2 is 1.92 bits per heavy atom. The predicted octanol–water partition coefficient (Wildman–Crippen LogP) is 2.90. The minimum atomic E-state index is -3.92. The lowest BCUT2D eigenvalue weighted by molar-refractivity contribution is 0.403. The van der Waals surface area contributed by atoms with Gasteiger partial charge in [0.25, 0.3) is 15.6 Å². The Kier molecular flexibility index (Phi) is 4.97. The second-order valence-electron chi connectivity index (χ2n) is 5.29. The number of ether oxygens (including phenoxy) is 1. The molecule has 3 rings (SSSR count). The molecule has 0 atom stereocenters. The van der Waals surface area contributed by atoms with Crippen molar-refractivity contribution in [1.82, 2.24) is 10.2 Å². The molecule has 0 unspecified atom stereocenters. The van der Waals surface area contributed by atoms with E-state index in [4.69, 9.17) is 16.3 Å². The minimum absolute atomic E-state index is 0.0694. The fourth-order valence-electron chi connectivity index (χ4n) is 2.32. The van der Waals surface area contributed by atoms with Crippen LogP contribution in [0.1, 0.15) is 0 Å². The lowest BCUT2D eigenvalue weighted by atomic mass is 10.1. The summed E-state index contributed by atoms with van der Waals surface area (Å²) in [7, 11) is -2.54. The summed E-state index contributed by atoms with van der Waals surface area (Å²) in [5.74, 6) is 0.181. The molecule has 26 heavy (non-hydrogen) atoms. The number of methoxy groups -OCH3 is 1. The van der Waals surface area contributed by atoms with Gasteiger partial charge in [-0.25, -0.2) is 13.5 Å². The molecule has 1 heterocycles. The molecule has 9 heteroatoms. The van der Waals surface area contributed by atoms with Crippen LogP contribution in [0, 0.1) is 0 Å².